The van der Waals surface area contributed by atoms with E-state index < -0.39 is 0 Å². The molecule has 2 aromatic carbocycles. The van der Waals surface area contributed by atoms with Gasteiger partial charge in [0.25, 0.3) is 0 Å². The molecule has 0 saturated heterocycles. The van der Waals surface area contributed by atoms with Crippen LogP contribution in [0.15, 0.2) is 72.6 Å². The summed E-state index contributed by atoms with van der Waals surface area (Å²) in [5, 5.41) is 0. The summed E-state index contributed by atoms with van der Waals surface area (Å²) in [6.07, 6.45) is 6.21. The van der Waals surface area contributed by atoms with Crippen molar-refractivity contribution < 1.29 is 9.53 Å². The molecule has 2 N–H and O–H groups in total. The van der Waals surface area contributed by atoms with Crippen molar-refractivity contribution in [3.05, 3.63) is 101 Å². The number of hydrogen-bond donors (Lipinski definition) is 1. The Hall–Kier alpha value is -3.40. The van der Waals surface area contributed by atoms with Gasteiger partial charge in [0.15, 0.2) is 6.29 Å². The molecule has 0 spiro atoms. The third kappa shape index (κ3) is 5.02. The lowest BCUT2D eigenvalue weighted by Gasteiger charge is -2.34. The maximum absolute atomic E-state index is 10.8. The summed E-state index contributed by atoms with van der Waals surface area (Å²) in [6, 6.07) is 21.1. The fraction of sp³-hybridized carbons (Fsp3) is 0.259. The number of ether oxygens (including phenoxy) is 1. The highest BCUT2D eigenvalue weighted by atomic mass is 16.5. The number of rotatable bonds is 5. The van der Waals surface area contributed by atoms with E-state index in [1.54, 1.807) is 13.2 Å². The van der Waals surface area contributed by atoms with Crippen molar-refractivity contribution in [3.8, 4) is 5.75 Å². The van der Waals surface area contributed by atoms with Gasteiger partial charge < -0.3 is 10.5 Å². The lowest BCUT2D eigenvalue weighted by Crippen LogP contribution is -2.20. The second-order valence-corrected chi connectivity index (χ2v) is 7.38. The number of allylic oxidation sites excluding steroid dienone is 1. The molecule has 4 heteroatoms. The topological polar surface area (TPSA) is 65.2 Å². The molecule has 1 aromatic heterocycles. The Morgan fingerprint density at radius 1 is 1.06 bits per heavy atom. The fourth-order valence-corrected chi connectivity index (χ4v) is 4.29. The van der Waals surface area contributed by atoms with E-state index in [9.17, 15) is 4.79 Å². The van der Waals surface area contributed by atoms with E-state index in [1.165, 1.54) is 16.7 Å². The number of hydrogen-bond acceptors (Lipinski definition) is 4. The van der Waals surface area contributed by atoms with E-state index in [1.807, 2.05) is 32.2 Å². The van der Waals surface area contributed by atoms with Gasteiger partial charge in [-0.15, -0.1) is 0 Å². The minimum absolute atomic E-state index is 0.169. The number of nitrogens with two attached hydrogens (primary N) is 1. The average molecular weight is 415 g/mol. The van der Waals surface area contributed by atoms with Gasteiger partial charge in [-0.2, -0.15) is 0 Å². The number of benzene rings is 2. The summed E-state index contributed by atoms with van der Waals surface area (Å²) in [5.74, 6) is 1.48. The van der Waals surface area contributed by atoms with Crippen molar-refractivity contribution in [2.24, 2.45) is 5.73 Å². The molecule has 0 aliphatic heterocycles. The predicted octanol–water partition coefficient (Wildman–Crippen LogP) is 5.48. The first-order valence-electron chi connectivity index (χ1n) is 10.8. The lowest BCUT2D eigenvalue weighted by molar-refractivity contribution is -0.104. The number of methoxy groups -OCH3 is 1. The summed E-state index contributed by atoms with van der Waals surface area (Å²) in [4.78, 5) is 15.3. The maximum Gasteiger partial charge on any atom is 0.165 e. The number of aldehydes is 1. The monoisotopic (exact) mass is 414 g/mol. The zero-order valence-electron chi connectivity index (χ0n) is 18.4. The Balaban J connectivity index is 0.00000132. The molecule has 4 nitrogen and oxygen atoms in total. The van der Waals surface area contributed by atoms with E-state index in [0.717, 1.165) is 24.2 Å². The Labute approximate surface area is 184 Å². The molecule has 31 heavy (non-hydrogen) atoms. The lowest BCUT2D eigenvalue weighted by atomic mass is 9.69. The fourth-order valence-electron chi connectivity index (χ4n) is 4.29. The van der Waals surface area contributed by atoms with Crippen LogP contribution >= 0.6 is 0 Å². The maximum atomic E-state index is 10.8. The van der Waals surface area contributed by atoms with Gasteiger partial charge in [0, 0.05) is 12.1 Å². The van der Waals surface area contributed by atoms with Gasteiger partial charge in [-0.05, 0) is 65.3 Å². The number of nitrogens with zero attached hydrogens (tertiary/aromatic N) is 1. The van der Waals surface area contributed by atoms with Crippen LogP contribution in [0.4, 0.5) is 0 Å². The summed E-state index contributed by atoms with van der Waals surface area (Å²) >= 11 is 0. The average Bonchev–Trinajstić information content (AvgIpc) is 2.85. The molecule has 1 aliphatic rings. The van der Waals surface area contributed by atoms with E-state index in [4.69, 9.17) is 10.5 Å². The third-order valence-electron chi connectivity index (χ3n) is 5.66. The quantitative estimate of drug-likeness (QED) is 0.444. The molecule has 3 aromatic rings. The van der Waals surface area contributed by atoms with E-state index >= 15 is 0 Å². The van der Waals surface area contributed by atoms with Crippen LogP contribution in [-0.2, 0) is 11.2 Å². The summed E-state index contributed by atoms with van der Waals surface area (Å²) in [5.41, 5.74) is 11.6. The van der Waals surface area contributed by atoms with Gasteiger partial charge in [-0.1, -0.05) is 56.3 Å². The van der Waals surface area contributed by atoms with Gasteiger partial charge in [-0.3, -0.25) is 9.78 Å². The number of pyridine rings is 1. The zero-order valence-corrected chi connectivity index (χ0v) is 18.4. The number of aromatic nitrogens is 1. The number of fused-ring (bicyclic) bond motifs is 1. The van der Waals surface area contributed by atoms with Crippen LogP contribution in [0.2, 0.25) is 0 Å². The van der Waals surface area contributed by atoms with Crippen LogP contribution in [-0.4, -0.2) is 18.4 Å². The van der Waals surface area contributed by atoms with E-state index in [0.29, 0.717) is 17.9 Å². The number of aryl methyl sites for hydroxylation is 1. The minimum atomic E-state index is 0.169. The second-order valence-electron chi connectivity index (χ2n) is 7.38. The molecule has 2 unspecified atom stereocenters. The van der Waals surface area contributed by atoms with Crippen LogP contribution in [0.3, 0.4) is 0 Å². The summed E-state index contributed by atoms with van der Waals surface area (Å²) < 4.78 is 5.44. The molecule has 0 saturated carbocycles. The number of carbonyl (C=O) groups is 1. The normalized spacial score (nSPS) is 17.7. The molecule has 1 heterocycles. The van der Waals surface area contributed by atoms with E-state index in [2.05, 4.69) is 53.5 Å². The van der Waals surface area contributed by atoms with Crippen LogP contribution in [0.5, 0.6) is 5.75 Å². The van der Waals surface area contributed by atoms with Crippen molar-refractivity contribution in [2.75, 3.05) is 7.11 Å². The molecular formula is C27H30N2O2. The van der Waals surface area contributed by atoms with Gasteiger partial charge in [0.05, 0.1) is 18.5 Å². The Bertz CT molecular complexity index is 1030. The first-order valence-corrected chi connectivity index (χ1v) is 10.8. The molecule has 0 radical (unpaired) electrons. The second kappa shape index (κ2) is 10.6. The highest BCUT2D eigenvalue weighted by molar-refractivity contribution is 5.79. The molecule has 0 amide bonds. The molecule has 2 atom stereocenters. The van der Waals surface area contributed by atoms with Crippen molar-refractivity contribution in [1.82, 2.24) is 4.98 Å². The standard InChI is InChI=1S/C25H24N2O2.C2H6/c1-29-22-10-12-24-18(13-22)8-11-23(17-5-3-2-4-6-17)25(24)19-7-9-21(27-15-19)14-20(26)16-28;1-2/h2-7,9-10,12-16,23,25H,8,11,26H2,1H3;1-2H3/b20-14-;. The van der Waals surface area contributed by atoms with Gasteiger partial charge in [0.1, 0.15) is 5.75 Å². The molecule has 4 rings (SSSR count). The van der Waals surface area contributed by atoms with Gasteiger partial charge in [0.2, 0.25) is 0 Å². The van der Waals surface area contributed by atoms with Crippen LogP contribution in [0.25, 0.3) is 6.08 Å². The van der Waals surface area contributed by atoms with Crippen LogP contribution in [0, 0.1) is 0 Å². The molecular weight excluding hydrogens is 384 g/mol. The Morgan fingerprint density at radius 2 is 1.84 bits per heavy atom. The number of carbonyl (C=O) groups excluding carboxylic acids is 1. The Morgan fingerprint density at radius 3 is 2.48 bits per heavy atom. The molecule has 1 aliphatic carbocycles. The van der Waals surface area contributed by atoms with Gasteiger partial charge >= 0.3 is 0 Å². The van der Waals surface area contributed by atoms with Gasteiger partial charge in [-0.25, -0.2) is 0 Å². The molecule has 0 fully saturated rings. The van der Waals surface area contributed by atoms with Crippen molar-refractivity contribution in [1.29, 1.82) is 0 Å². The van der Waals surface area contributed by atoms with Crippen molar-refractivity contribution in [2.45, 2.75) is 38.5 Å². The van der Waals surface area contributed by atoms with E-state index in [-0.39, 0.29) is 11.6 Å². The molecule has 160 valence electrons. The highest BCUT2D eigenvalue weighted by Crippen LogP contribution is 2.46. The Kier molecular flexibility index (Phi) is 7.60. The zero-order chi connectivity index (χ0) is 22.2. The predicted molar refractivity (Wildman–Crippen MR) is 126 cm³/mol. The minimum Gasteiger partial charge on any atom is -0.497 e. The van der Waals surface area contributed by atoms with Crippen LogP contribution in [0.1, 0.15) is 60.1 Å². The first kappa shape index (κ1) is 22.3. The smallest absolute Gasteiger partial charge is 0.165 e. The van der Waals surface area contributed by atoms with Crippen molar-refractivity contribution >= 4 is 12.4 Å². The SMILES string of the molecule is CC.COc1ccc2c(c1)CCC(c1ccccc1)C2c1ccc(/C=C(\N)C=O)nc1. The highest BCUT2D eigenvalue weighted by Gasteiger charge is 2.32. The van der Waals surface area contributed by atoms with Crippen molar-refractivity contribution in [3.63, 3.8) is 0 Å². The third-order valence-corrected chi connectivity index (χ3v) is 5.66. The largest absolute Gasteiger partial charge is 0.497 e. The first-order chi connectivity index (χ1) is 15.2. The summed E-state index contributed by atoms with van der Waals surface area (Å²) in [7, 11) is 1.70. The summed E-state index contributed by atoms with van der Waals surface area (Å²) in [6.45, 7) is 4.00. The molecule has 0 bridgehead atoms. The van der Waals surface area contributed by atoms with Crippen LogP contribution < -0.4 is 10.5 Å².